The predicted molar refractivity (Wildman–Crippen MR) is 109 cm³/mol. The van der Waals surface area contributed by atoms with Gasteiger partial charge in [-0.3, -0.25) is 40.5 Å². The molecule has 0 N–H and O–H groups in total. The van der Waals surface area contributed by atoms with Crippen LogP contribution in [0.5, 0.6) is 0 Å². The second kappa shape index (κ2) is 8.17. The lowest BCUT2D eigenvalue weighted by molar-refractivity contribution is -0.394. The van der Waals surface area contributed by atoms with Crippen molar-refractivity contribution in [2.24, 2.45) is 0 Å². The maximum Gasteiger partial charge on any atom is 0.299 e. The quantitative estimate of drug-likeness (QED) is 0.486. The molecule has 1 fully saturated rings. The van der Waals surface area contributed by atoms with Gasteiger partial charge in [0.1, 0.15) is 11.4 Å². The SMILES string of the molecule is C[C@H]1CN(c2ccc([N+](=O)[O-])cc2[N+](=O)[O-])CCN1c1ccc([N+](=O)[O-])cc1[N+](=O)[O-]. The van der Waals surface area contributed by atoms with Crippen molar-refractivity contribution in [1.82, 2.24) is 0 Å². The van der Waals surface area contributed by atoms with Gasteiger partial charge in [0.2, 0.25) is 0 Å². The van der Waals surface area contributed by atoms with Gasteiger partial charge in [0.05, 0.1) is 31.8 Å². The summed E-state index contributed by atoms with van der Waals surface area (Å²) in [5.74, 6) is 0. The minimum atomic E-state index is -0.717. The topological polar surface area (TPSA) is 179 Å². The minimum absolute atomic E-state index is 0.209. The van der Waals surface area contributed by atoms with E-state index in [0.29, 0.717) is 0 Å². The first-order valence-corrected chi connectivity index (χ1v) is 8.97. The summed E-state index contributed by atoms with van der Waals surface area (Å²) in [7, 11) is 0. The summed E-state index contributed by atoms with van der Waals surface area (Å²) in [6, 6.07) is 6.44. The summed E-state index contributed by atoms with van der Waals surface area (Å²) >= 11 is 0. The molecule has 0 aromatic heterocycles. The third-order valence-electron chi connectivity index (χ3n) is 5.01. The average molecular weight is 432 g/mol. The van der Waals surface area contributed by atoms with Crippen LogP contribution in [-0.2, 0) is 0 Å². The lowest BCUT2D eigenvalue weighted by atomic mass is 10.1. The van der Waals surface area contributed by atoms with Crippen LogP contribution in [0.15, 0.2) is 36.4 Å². The van der Waals surface area contributed by atoms with E-state index in [0.717, 1.165) is 12.1 Å². The van der Waals surface area contributed by atoms with E-state index >= 15 is 0 Å². The molecule has 0 saturated carbocycles. The van der Waals surface area contributed by atoms with Gasteiger partial charge >= 0.3 is 0 Å². The Kier molecular flexibility index (Phi) is 5.63. The molecule has 0 unspecified atom stereocenters. The van der Waals surface area contributed by atoms with Crippen LogP contribution in [-0.4, -0.2) is 45.4 Å². The molecule has 0 radical (unpaired) electrons. The summed E-state index contributed by atoms with van der Waals surface area (Å²) in [5, 5.41) is 44.8. The fourth-order valence-corrected chi connectivity index (χ4v) is 3.59. The number of nitrogens with zero attached hydrogens (tertiary/aromatic N) is 6. The Morgan fingerprint density at radius 3 is 1.68 bits per heavy atom. The van der Waals surface area contributed by atoms with Gasteiger partial charge in [0.15, 0.2) is 0 Å². The second-order valence-corrected chi connectivity index (χ2v) is 6.86. The fourth-order valence-electron chi connectivity index (χ4n) is 3.59. The van der Waals surface area contributed by atoms with Crippen LogP contribution in [0.1, 0.15) is 6.92 Å². The zero-order valence-electron chi connectivity index (χ0n) is 16.1. The van der Waals surface area contributed by atoms with Gasteiger partial charge in [0.25, 0.3) is 22.7 Å². The van der Waals surface area contributed by atoms with Gasteiger partial charge in [-0.15, -0.1) is 0 Å². The third kappa shape index (κ3) is 4.17. The largest absolute Gasteiger partial charge is 0.362 e. The lowest BCUT2D eigenvalue weighted by Crippen LogP contribution is -2.52. The Morgan fingerprint density at radius 1 is 0.742 bits per heavy atom. The fraction of sp³-hybridized carbons (Fsp3) is 0.294. The van der Waals surface area contributed by atoms with Crippen molar-refractivity contribution in [3.8, 4) is 0 Å². The summed E-state index contributed by atoms with van der Waals surface area (Å²) in [6.45, 7) is 2.49. The molecule has 14 heteroatoms. The normalized spacial score (nSPS) is 16.1. The van der Waals surface area contributed by atoms with E-state index in [1.807, 2.05) is 0 Å². The van der Waals surface area contributed by atoms with Crippen LogP contribution >= 0.6 is 0 Å². The Balaban J connectivity index is 1.90. The molecule has 1 atom stereocenters. The lowest BCUT2D eigenvalue weighted by Gasteiger charge is -2.41. The summed E-state index contributed by atoms with van der Waals surface area (Å²) in [4.78, 5) is 45.3. The zero-order valence-corrected chi connectivity index (χ0v) is 16.1. The molecule has 2 aromatic rings. The van der Waals surface area contributed by atoms with E-state index in [-0.39, 0.29) is 37.1 Å². The molecular formula is C17H16N6O8. The van der Waals surface area contributed by atoms with E-state index < -0.39 is 42.4 Å². The van der Waals surface area contributed by atoms with E-state index in [1.165, 1.54) is 24.3 Å². The number of rotatable bonds is 6. The average Bonchev–Trinajstić information content (AvgIpc) is 2.72. The first-order chi connectivity index (χ1) is 14.6. The molecule has 0 spiro atoms. The molecule has 162 valence electrons. The molecule has 31 heavy (non-hydrogen) atoms. The number of hydrogen-bond donors (Lipinski definition) is 0. The number of piperazine rings is 1. The van der Waals surface area contributed by atoms with Gasteiger partial charge in [-0.1, -0.05) is 0 Å². The maximum absolute atomic E-state index is 11.5. The monoisotopic (exact) mass is 432 g/mol. The van der Waals surface area contributed by atoms with Crippen molar-refractivity contribution < 1.29 is 19.7 Å². The molecule has 0 aliphatic carbocycles. The Bertz CT molecular complexity index is 1090. The van der Waals surface area contributed by atoms with Crippen molar-refractivity contribution >= 4 is 34.1 Å². The van der Waals surface area contributed by atoms with Crippen molar-refractivity contribution in [3.05, 3.63) is 76.9 Å². The van der Waals surface area contributed by atoms with Gasteiger partial charge in [-0.05, 0) is 19.1 Å². The number of nitro groups is 4. The van der Waals surface area contributed by atoms with Crippen molar-refractivity contribution in [3.63, 3.8) is 0 Å². The molecule has 1 aliphatic heterocycles. The highest BCUT2D eigenvalue weighted by Crippen LogP contribution is 2.37. The highest BCUT2D eigenvalue weighted by molar-refractivity contribution is 5.70. The van der Waals surface area contributed by atoms with Gasteiger partial charge in [-0.25, -0.2) is 0 Å². The molecular weight excluding hydrogens is 416 g/mol. The second-order valence-electron chi connectivity index (χ2n) is 6.86. The van der Waals surface area contributed by atoms with Gasteiger partial charge in [-0.2, -0.15) is 0 Å². The van der Waals surface area contributed by atoms with Gasteiger partial charge in [0, 0.05) is 37.8 Å². The number of non-ortho nitro benzene ring substituents is 2. The molecule has 14 nitrogen and oxygen atoms in total. The highest BCUT2D eigenvalue weighted by Gasteiger charge is 2.33. The van der Waals surface area contributed by atoms with Crippen molar-refractivity contribution in [1.29, 1.82) is 0 Å². The van der Waals surface area contributed by atoms with Crippen LogP contribution in [0.3, 0.4) is 0 Å². The zero-order chi connectivity index (χ0) is 22.9. The van der Waals surface area contributed by atoms with Crippen LogP contribution in [0.25, 0.3) is 0 Å². The van der Waals surface area contributed by atoms with E-state index in [1.54, 1.807) is 16.7 Å². The third-order valence-corrected chi connectivity index (χ3v) is 5.01. The summed E-state index contributed by atoms with van der Waals surface area (Å²) in [5.41, 5.74) is -1.19. The van der Waals surface area contributed by atoms with Crippen molar-refractivity contribution in [2.45, 2.75) is 13.0 Å². The molecule has 2 aromatic carbocycles. The maximum atomic E-state index is 11.5. The van der Waals surface area contributed by atoms with E-state index in [4.69, 9.17) is 0 Å². The Labute approximate surface area is 173 Å². The molecule has 0 amide bonds. The van der Waals surface area contributed by atoms with Gasteiger partial charge < -0.3 is 9.80 Å². The Hall–Kier alpha value is -4.36. The van der Waals surface area contributed by atoms with E-state index in [2.05, 4.69) is 0 Å². The summed E-state index contributed by atoms with van der Waals surface area (Å²) < 4.78 is 0. The first-order valence-electron chi connectivity index (χ1n) is 8.97. The number of hydrogen-bond acceptors (Lipinski definition) is 10. The highest BCUT2D eigenvalue weighted by atomic mass is 16.6. The predicted octanol–water partition coefficient (Wildman–Crippen LogP) is 3.03. The molecule has 1 aliphatic rings. The molecule has 0 bridgehead atoms. The summed E-state index contributed by atoms with van der Waals surface area (Å²) in [6.07, 6.45) is 0. The van der Waals surface area contributed by atoms with Crippen LogP contribution < -0.4 is 9.80 Å². The van der Waals surface area contributed by atoms with Crippen LogP contribution in [0, 0.1) is 40.5 Å². The minimum Gasteiger partial charge on any atom is -0.362 e. The first kappa shape index (κ1) is 21.4. The molecule has 1 saturated heterocycles. The number of nitro benzene ring substituents is 4. The van der Waals surface area contributed by atoms with Crippen molar-refractivity contribution in [2.75, 3.05) is 29.4 Å². The smallest absolute Gasteiger partial charge is 0.299 e. The van der Waals surface area contributed by atoms with Crippen LogP contribution in [0.2, 0.25) is 0 Å². The molecule has 1 heterocycles. The number of benzene rings is 2. The standard InChI is InChI=1S/C17H16N6O8/c1-11-10-18(14-4-2-12(20(24)25)8-16(14)22(28)29)6-7-19(11)15-5-3-13(21(26)27)9-17(15)23(30)31/h2-5,8-9,11H,6-7,10H2,1H3/t11-/m0/s1. The molecule has 3 rings (SSSR count). The van der Waals surface area contributed by atoms with E-state index in [9.17, 15) is 40.5 Å². The Morgan fingerprint density at radius 2 is 1.23 bits per heavy atom. The number of anilines is 2. The van der Waals surface area contributed by atoms with Crippen LogP contribution in [0.4, 0.5) is 34.1 Å².